The van der Waals surface area contributed by atoms with Crippen LogP contribution in [-0.4, -0.2) is 19.6 Å². The molecule has 0 saturated carbocycles. The Morgan fingerprint density at radius 1 is 1.40 bits per heavy atom. The van der Waals surface area contributed by atoms with E-state index in [-0.39, 0.29) is 15.6 Å². The minimum atomic E-state index is -3.49. The zero-order valence-corrected chi connectivity index (χ0v) is 8.95. The van der Waals surface area contributed by atoms with Crippen LogP contribution in [0.1, 0.15) is 12.5 Å². The van der Waals surface area contributed by atoms with Crippen molar-refractivity contribution in [2.24, 2.45) is 5.73 Å². The lowest BCUT2D eigenvalue weighted by molar-refractivity contribution is 0.472. The molecule has 1 atom stereocenters. The lowest BCUT2D eigenvalue weighted by Crippen LogP contribution is -2.21. The van der Waals surface area contributed by atoms with E-state index in [4.69, 9.17) is 5.73 Å². The molecule has 80 valence electrons. The largest absolute Gasteiger partial charge is 0.507 e. The number of sulfone groups is 1. The number of benzene rings is 1. The molecular formula is C10H11NO3S. The molecule has 0 bridgehead atoms. The highest BCUT2D eigenvalue weighted by Crippen LogP contribution is 2.38. The average molecular weight is 225 g/mol. The lowest BCUT2D eigenvalue weighted by Gasteiger charge is -2.06. The summed E-state index contributed by atoms with van der Waals surface area (Å²) in [5.41, 5.74) is 5.91. The second-order valence-electron chi connectivity index (χ2n) is 3.53. The third kappa shape index (κ3) is 1.35. The van der Waals surface area contributed by atoms with Gasteiger partial charge < -0.3 is 10.8 Å². The highest BCUT2D eigenvalue weighted by molar-refractivity contribution is 7.96. The summed E-state index contributed by atoms with van der Waals surface area (Å²) in [5, 5.41) is 9.51. The zero-order chi connectivity index (χ0) is 11.2. The van der Waals surface area contributed by atoms with Crippen LogP contribution in [0.25, 0.3) is 6.08 Å². The van der Waals surface area contributed by atoms with E-state index in [1.807, 2.05) is 0 Å². The summed E-state index contributed by atoms with van der Waals surface area (Å²) in [6.07, 6.45) is 1.44. The van der Waals surface area contributed by atoms with Crippen molar-refractivity contribution in [1.29, 1.82) is 0 Å². The molecular weight excluding hydrogens is 214 g/mol. The van der Waals surface area contributed by atoms with Gasteiger partial charge in [-0.15, -0.1) is 0 Å². The summed E-state index contributed by atoms with van der Waals surface area (Å²) >= 11 is 0. The quantitative estimate of drug-likeness (QED) is 0.743. The fraction of sp³-hybridized carbons (Fsp3) is 0.200. The van der Waals surface area contributed by atoms with Gasteiger partial charge in [-0.3, -0.25) is 0 Å². The van der Waals surface area contributed by atoms with E-state index in [1.54, 1.807) is 6.92 Å². The number of phenolic OH excluding ortho intramolecular Hbond substituents is 1. The Bertz CT molecular complexity index is 544. The molecule has 1 unspecified atom stereocenters. The Morgan fingerprint density at radius 3 is 2.60 bits per heavy atom. The predicted octanol–water partition coefficient (Wildman–Crippen LogP) is 0.868. The first kappa shape index (κ1) is 10.2. The SMILES string of the molecule is CC(N)C1=Cc2c(O)cccc2S1(=O)=O. The van der Waals surface area contributed by atoms with E-state index in [2.05, 4.69) is 0 Å². The van der Waals surface area contributed by atoms with Crippen LogP contribution in [0, 0.1) is 0 Å². The average Bonchev–Trinajstić information content (AvgIpc) is 2.40. The van der Waals surface area contributed by atoms with Crippen molar-refractivity contribution in [3.63, 3.8) is 0 Å². The summed E-state index contributed by atoms with van der Waals surface area (Å²) < 4.78 is 23.8. The molecule has 3 N–H and O–H groups in total. The normalized spacial score (nSPS) is 19.5. The molecule has 0 aromatic heterocycles. The first-order valence-electron chi connectivity index (χ1n) is 4.49. The highest BCUT2D eigenvalue weighted by Gasteiger charge is 2.32. The molecule has 1 heterocycles. The molecule has 4 nitrogen and oxygen atoms in total. The van der Waals surface area contributed by atoms with E-state index in [0.29, 0.717) is 5.56 Å². The van der Waals surface area contributed by atoms with E-state index in [1.165, 1.54) is 24.3 Å². The number of aromatic hydroxyl groups is 1. The molecule has 0 fully saturated rings. The van der Waals surface area contributed by atoms with E-state index >= 15 is 0 Å². The van der Waals surface area contributed by atoms with Crippen molar-refractivity contribution in [3.05, 3.63) is 28.7 Å². The van der Waals surface area contributed by atoms with Gasteiger partial charge in [-0.1, -0.05) is 6.07 Å². The Labute approximate surface area is 88.0 Å². The van der Waals surface area contributed by atoms with Crippen LogP contribution in [0.2, 0.25) is 0 Å². The number of phenols is 1. The third-order valence-electron chi connectivity index (χ3n) is 2.38. The molecule has 1 aromatic rings. The fourth-order valence-electron chi connectivity index (χ4n) is 1.63. The van der Waals surface area contributed by atoms with Crippen LogP contribution in [0.4, 0.5) is 0 Å². The topological polar surface area (TPSA) is 80.4 Å². The molecule has 1 aromatic carbocycles. The van der Waals surface area contributed by atoms with Crippen molar-refractivity contribution in [2.45, 2.75) is 17.9 Å². The monoisotopic (exact) mass is 225 g/mol. The van der Waals surface area contributed by atoms with Gasteiger partial charge in [0.1, 0.15) is 5.75 Å². The molecule has 5 heteroatoms. The number of nitrogens with two attached hydrogens (primary N) is 1. The van der Waals surface area contributed by atoms with Gasteiger partial charge in [-0.2, -0.15) is 0 Å². The minimum Gasteiger partial charge on any atom is -0.507 e. The minimum absolute atomic E-state index is 0.0354. The van der Waals surface area contributed by atoms with Crippen LogP contribution in [0.3, 0.4) is 0 Å². The van der Waals surface area contributed by atoms with Crippen LogP contribution < -0.4 is 5.73 Å². The van der Waals surface area contributed by atoms with E-state index in [0.717, 1.165) is 0 Å². The lowest BCUT2D eigenvalue weighted by atomic mass is 10.1. The van der Waals surface area contributed by atoms with E-state index < -0.39 is 15.9 Å². The van der Waals surface area contributed by atoms with Crippen LogP contribution in [-0.2, 0) is 9.84 Å². The molecule has 0 amide bonds. The van der Waals surface area contributed by atoms with Crippen molar-refractivity contribution in [3.8, 4) is 5.75 Å². The van der Waals surface area contributed by atoms with Crippen LogP contribution >= 0.6 is 0 Å². The summed E-state index contributed by atoms with van der Waals surface area (Å²) in [7, 11) is -3.49. The van der Waals surface area contributed by atoms with Crippen molar-refractivity contribution in [2.75, 3.05) is 0 Å². The van der Waals surface area contributed by atoms with Crippen LogP contribution in [0.15, 0.2) is 28.0 Å². The number of hydrogen-bond donors (Lipinski definition) is 2. The molecule has 0 saturated heterocycles. The van der Waals surface area contributed by atoms with Crippen molar-refractivity contribution in [1.82, 2.24) is 0 Å². The van der Waals surface area contributed by atoms with Gasteiger partial charge in [-0.25, -0.2) is 8.42 Å². The molecule has 1 aliphatic heterocycles. The van der Waals surface area contributed by atoms with Gasteiger partial charge in [0, 0.05) is 11.6 Å². The third-order valence-corrected chi connectivity index (χ3v) is 4.42. The number of rotatable bonds is 1. The number of hydrogen-bond acceptors (Lipinski definition) is 4. The first-order chi connectivity index (χ1) is 6.94. The van der Waals surface area contributed by atoms with Gasteiger partial charge in [0.2, 0.25) is 9.84 Å². The second kappa shape index (κ2) is 3.08. The standard InChI is InChI=1S/C10H11NO3S/c1-6(11)10-5-7-8(12)3-2-4-9(7)15(10,13)14/h2-6,12H,11H2,1H3. The zero-order valence-electron chi connectivity index (χ0n) is 8.14. The smallest absolute Gasteiger partial charge is 0.205 e. The highest BCUT2D eigenvalue weighted by atomic mass is 32.2. The predicted molar refractivity (Wildman–Crippen MR) is 56.9 cm³/mol. The second-order valence-corrected chi connectivity index (χ2v) is 5.45. The summed E-state index contributed by atoms with van der Waals surface area (Å²) in [5.74, 6) is -0.0354. The Morgan fingerprint density at radius 2 is 2.07 bits per heavy atom. The van der Waals surface area contributed by atoms with Gasteiger partial charge >= 0.3 is 0 Å². The summed E-state index contributed by atoms with van der Waals surface area (Å²) in [6, 6.07) is 3.86. The van der Waals surface area contributed by atoms with Gasteiger partial charge in [-0.05, 0) is 25.1 Å². The van der Waals surface area contributed by atoms with Crippen molar-refractivity contribution < 1.29 is 13.5 Å². The number of fused-ring (bicyclic) bond motifs is 1. The maximum absolute atomic E-state index is 11.9. The molecule has 0 aliphatic carbocycles. The van der Waals surface area contributed by atoms with Gasteiger partial charge in [0.25, 0.3) is 0 Å². The molecule has 1 aliphatic rings. The summed E-state index contributed by atoms with van der Waals surface area (Å²) in [4.78, 5) is 0.286. The summed E-state index contributed by atoms with van der Waals surface area (Å²) in [6.45, 7) is 1.60. The maximum atomic E-state index is 11.9. The maximum Gasteiger partial charge on any atom is 0.205 e. The van der Waals surface area contributed by atoms with Crippen molar-refractivity contribution >= 4 is 15.9 Å². The Kier molecular flexibility index (Phi) is 2.09. The molecule has 15 heavy (non-hydrogen) atoms. The molecule has 2 rings (SSSR count). The molecule has 0 spiro atoms. The van der Waals surface area contributed by atoms with Crippen LogP contribution in [0.5, 0.6) is 5.75 Å². The van der Waals surface area contributed by atoms with E-state index in [9.17, 15) is 13.5 Å². The molecule has 0 radical (unpaired) electrons. The Hall–Kier alpha value is -1.33. The Balaban J connectivity index is 2.75. The van der Waals surface area contributed by atoms with Gasteiger partial charge in [0.05, 0.1) is 9.80 Å². The first-order valence-corrected chi connectivity index (χ1v) is 5.97. The van der Waals surface area contributed by atoms with Gasteiger partial charge in [0.15, 0.2) is 0 Å². The fourth-order valence-corrected chi connectivity index (χ4v) is 3.36.